The third-order valence-electron chi connectivity index (χ3n) is 5.23. The Morgan fingerprint density at radius 3 is 2.90 bits per heavy atom. The molecule has 10 nitrogen and oxygen atoms in total. The van der Waals surface area contributed by atoms with Crippen LogP contribution in [0.4, 0.5) is 5.13 Å². The zero-order chi connectivity index (χ0) is 21.8. The summed E-state index contributed by atoms with van der Waals surface area (Å²) in [5.74, 6) is 0.855. The second-order valence-electron chi connectivity index (χ2n) is 7.32. The normalized spacial score (nSPS) is 20.7. The van der Waals surface area contributed by atoms with Gasteiger partial charge in [0.2, 0.25) is 16.9 Å². The van der Waals surface area contributed by atoms with Crippen molar-refractivity contribution in [3.8, 4) is 17.5 Å². The number of methoxy groups -OCH3 is 2. The number of aromatic nitrogens is 2. The van der Waals surface area contributed by atoms with Crippen LogP contribution in [0.25, 0.3) is 0 Å². The van der Waals surface area contributed by atoms with Gasteiger partial charge in [0.25, 0.3) is 0 Å². The lowest BCUT2D eigenvalue weighted by Gasteiger charge is -2.18. The van der Waals surface area contributed by atoms with E-state index in [0.29, 0.717) is 42.8 Å². The van der Waals surface area contributed by atoms with Crippen LogP contribution in [0.3, 0.4) is 0 Å². The number of likely N-dealkylation sites (tertiary alicyclic amines) is 1. The molecule has 0 bridgehead atoms. The van der Waals surface area contributed by atoms with Crippen molar-refractivity contribution in [2.45, 2.75) is 24.9 Å². The molecular formula is C20H24N4O6S. The summed E-state index contributed by atoms with van der Waals surface area (Å²) in [5.41, 5.74) is 0.972. The first-order valence-electron chi connectivity index (χ1n) is 9.93. The topological polar surface area (TPSA) is 112 Å². The predicted octanol–water partition coefficient (Wildman–Crippen LogP) is 1.68. The number of ether oxygens (including phenoxy) is 4. The number of anilines is 1. The van der Waals surface area contributed by atoms with E-state index < -0.39 is 0 Å². The summed E-state index contributed by atoms with van der Waals surface area (Å²) in [4.78, 5) is 30.4. The van der Waals surface area contributed by atoms with E-state index in [9.17, 15) is 9.59 Å². The molecule has 0 unspecified atom stereocenters. The maximum atomic E-state index is 12.5. The minimum atomic E-state index is -0.326. The van der Waals surface area contributed by atoms with Crippen LogP contribution in [-0.4, -0.2) is 72.7 Å². The Balaban J connectivity index is 1.39. The summed E-state index contributed by atoms with van der Waals surface area (Å²) >= 11 is 1.02. The molecule has 31 heavy (non-hydrogen) atoms. The molecule has 1 N–H and O–H groups in total. The van der Waals surface area contributed by atoms with E-state index in [1.807, 2.05) is 18.2 Å². The lowest BCUT2D eigenvalue weighted by Crippen LogP contribution is -2.34. The summed E-state index contributed by atoms with van der Waals surface area (Å²) in [6.07, 6.45) is 1.16. The summed E-state index contributed by atoms with van der Waals surface area (Å²) in [5, 5.41) is 2.98. The number of carbonyl (C=O) groups is 2. The molecule has 1 aromatic carbocycles. The molecule has 2 atom stereocenters. The van der Waals surface area contributed by atoms with Gasteiger partial charge in [-0.3, -0.25) is 14.9 Å². The van der Waals surface area contributed by atoms with Gasteiger partial charge in [-0.15, -0.1) is 4.37 Å². The Bertz CT molecular complexity index is 946. The quantitative estimate of drug-likeness (QED) is 0.649. The van der Waals surface area contributed by atoms with Crippen LogP contribution >= 0.6 is 11.5 Å². The highest BCUT2D eigenvalue weighted by Crippen LogP contribution is 2.36. The van der Waals surface area contributed by atoms with Crippen molar-refractivity contribution in [2.24, 2.45) is 0 Å². The first-order chi connectivity index (χ1) is 15.1. The highest BCUT2D eigenvalue weighted by molar-refractivity contribution is 7.10. The second kappa shape index (κ2) is 9.48. The van der Waals surface area contributed by atoms with Crippen LogP contribution in [-0.2, 0) is 14.3 Å². The molecule has 0 spiro atoms. The van der Waals surface area contributed by atoms with E-state index in [1.165, 1.54) is 7.11 Å². The zero-order valence-corrected chi connectivity index (χ0v) is 18.1. The van der Waals surface area contributed by atoms with Gasteiger partial charge < -0.3 is 23.8 Å². The largest absolute Gasteiger partial charge is 0.493 e. The van der Waals surface area contributed by atoms with Crippen LogP contribution < -0.4 is 19.5 Å². The Labute approximate surface area is 183 Å². The van der Waals surface area contributed by atoms with Gasteiger partial charge in [-0.2, -0.15) is 4.98 Å². The molecule has 2 aliphatic rings. The third kappa shape index (κ3) is 5.05. The average molecular weight is 449 g/mol. The fraction of sp³-hybridized carbons (Fsp3) is 0.500. The van der Waals surface area contributed by atoms with Gasteiger partial charge in [0.15, 0.2) is 11.5 Å². The highest BCUT2D eigenvalue weighted by atomic mass is 32.1. The smallest absolute Gasteiger partial charge is 0.329 e. The van der Waals surface area contributed by atoms with Crippen molar-refractivity contribution < 1.29 is 28.5 Å². The van der Waals surface area contributed by atoms with Crippen molar-refractivity contribution in [3.05, 3.63) is 23.8 Å². The van der Waals surface area contributed by atoms with E-state index in [-0.39, 0.29) is 36.4 Å². The van der Waals surface area contributed by atoms with Crippen LogP contribution in [0.5, 0.6) is 17.5 Å². The molecule has 0 radical (unpaired) electrons. The molecule has 166 valence electrons. The minimum Gasteiger partial charge on any atom is -0.493 e. The van der Waals surface area contributed by atoms with Crippen molar-refractivity contribution in [2.75, 3.05) is 45.8 Å². The molecule has 2 amide bonds. The van der Waals surface area contributed by atoms with Gasteiger partial charge in [0.05, 0.1) is 34.0 Å². The average Bonchev–Trinajstić information content (AvgIpc) is 3.51. The molecule has 3 heterocycles. The van der Waals surface area contributed by atoms with E-state index >= 15 is 0 Å². The number of hydrogen-bond acceptors (Lipinski definition) is 9. The van der Waals surface area contributed by atoms with Crippen LogP contribution in [0.15, 0.2) is 18.2 Å². The molecule has 4 rings (SSSR count). The molecule has 1 aromatic heterocycles. The molecular weight excluding hydrogens is 424 g/mol. The molecule has 2 aliphatic heterocycles. The van der Waals surface area contributed by atoms with Crippen LogP contribution in [0.1, 0.15) is 24.3 Å². The predicted molar refractivity (Wildman–Crippen MR) is 112 cm³/mol. The highest BCUT2D eigenvalue weighted by Gasteiger charge is 2.32. The Hall–Kier alpha value is -2.92. The third-order valence-corrected chi connectivity index (χ3v) is 5.84. The van der Waals surface area contributed by atoms with Crippen molar-refractivity contribution in [1.82, 2.24) is 14.3 Å². The Kier molecular flexibility index (Phi) is 6.52. The lowest BCUT2D eigenvalue weighted by atomic mass is 9.98. The van der Waals surface area contributed by atoms with Gasteiger partial charge in [0.1, 0.15) is 6.10 Å². The summed E-state index contributed by atoms with van der Waals surface area (Å²) in [6, 6.07) is 5.90. The fourth-order valence-electron chi connectivity index (χ4n) is 3.65. The number of benzene rings is 1. The Morgan fingerprint density at radius 2 is 2.19 bits per heavy atom. The molecule has 2 aromatic rings. The van der Waals surface area contributed by atoms with Crippen molar-refractivity contribution in [3.63, 3.8) is 0 Å². The second-order valence-corrected chi connectivity index (χ2v) is 8.08. The Morgan fingerprint density at radius 1 is 1.32 bits per heavy atom. The lowest BCUT2D eigenvalue weighted by molar-refractivity contribution is -0.131. The van der Waals surface area contributed by atoms with Crippen LogP contribution in [0, 0.1) is 0 Å². The van der Waals surface area contributed by atoms with E-state index in [0.717, 1.165) is 23.5 Å². The zero-order valence-electron chi connectivity index (χ0n) is 17.3. The van der Waals surface area contributed by atoms with E-state index in [1.54, 1.807) is 12.0 Å². The number of rotatable bonds is 8. The number of nitrogens with one attached hydrogen (secondary N) is 1. The number of carbonyl (C=O) groups excluding carboxylic acids is 2. The van der Waals surface area contributed by atoms with Crippen molar-refractivity contribution >= 4 is 28.5 Å². The van der Waals surface area contributed by atoms with Crippen LogP contribution in [0.2, 0.25) is 0 Å². The fourth-order valence-corrected chi connectivity index (χ4v) is 4.21. The van der Waals surface area contributed by atoms with Gasteiger partial charge in [-0.05, 0) is 17.7 Å². The van der Waals surface area contributed by atoms with Gasteiger partial charge in [-0.25, -0.2) is 0 Å². The molecule has 0 saturated carbocycles. The standard InChI is InChI=1S/C20H24N4O6S/c1-27-15-4-3-12(7-16(15)30-14-5-6-29-11-14)13-8-18(26)24(9-13)10-17(25)21-20-22-19(28-2)23-31-20/h3-4,7,13-14H,5-6,8-11H2,1-2H3,(H,21,22,23,25)/t13-,14-/m1/s1. The van der Waals surface area contributed by atoms with Gasteiger partial charge >= 0.3 is 6.01 Å². The van der Waals surface area contributed by atoms with E-state index in [4.69, 9.17) is 18.9 Å². The first kappa shape index (κ1) is 21.3. The molecule has 2 saturated heterocycles. The number of amides is 2. The SMILES string of the molecule is COc1nsc(NC(=O)CN2C[C@H](c3ccc(OC)c(O[C@@H]4CCOC4)c3)CC2=O)n1. The first-order valence-corrected chi connectivity index (χ1v) is 10.7. The van der Waals surface area contributed by atoms with Gasteiger partial charge in [-0.1, -0.05) is 6.07 Å². The van der Waals surface area contributed by atoms with Gasteiger partial charge in [0, 0.05) is 36.8 Å². The molecule has 0 aliphatic carbocycles. The summed E-state index contributed by atoms with van der Waals surface area (Å²) in [7, 11) is 3.05. The summed E-state index contributed by atoms with van der Waals surface area (Å²) in [6.45, 7) is 1.64. The minimum absolute atomic E-state index is 0.00599. The monoisotopic (exact) mass is 448 g/mol. The molecule has 2 fully saturated rings. The summed E-state index contributed by atoms with van der Waals surface area (Å²) < 4.78 is 25.7. The maximum Gasteiger partial charge on any atom is 0.329 e. The maximum absolute atomic E-state index is 12.5. The molecule has 11 heteroatoms. The number of hydrogen-bond donors (Lipinski definition) is 1. The van der Waals surface area contributed by atoms with Crippen molar-refractivity contribution in [1.29, 1.82) is 0 Å². The van der Waals surface area contributed by atoms with E-state index in [2.05, 4.69) is 14.7 Å². The number of nitrogens with zero attached hydrogens (tertiary/aromatic N) is 3.